The molecule has 2 unspecified atom stereocenters. The van der Waals surface area contributed by atoms with Gasteiger partial charge in [-0.15, -0.1) is 12.4 Å². The lowest BCUT2D eigenvalue weighted by Gasteiger charge is -2.35. The van der Waals surface area contributed by atoms with Crippen LogP contribution in [0.2, 0.25) is 5.22 Å². The van der Waals surface area contributed by atoms with Crippen LogP contribution in [-0.2, 0) is 11.2 Å². The van der Waals surface area contributed by atoms with E-state index in [1.54, 1.807) is 0 Å². The number of piperidine rings is 1. The smallest absolute Gasteiger partial charge is 0.229 e. The van der Waals surface area contributed by atoms with Gasteiger partial charge in [-0.1, -0.05) is 5.16 Å². The van der Waals surface area contributed by atoms with Crippen molar-refractivity contribution in [2.75, 3.05) is 7.05 Å². The highest BCUT2D eigenvalue weighted by molar-refractivity contribution is 6.29. The molecule has 1 aromatic heterocycles. The molecule has 1 N–H and O–H groups in total. The van der Waals surface area contributed by atoms with E-state index < -0.39 is 0 Å². The molecule has 0 spiro atoms. The number of hydrogen-bond acceptors (Lipinski definition) is 4. The molecule has 2 saturated heterocycles. The zero-order chi connectivity index (χ0) is 15.0. The second-order valence-corrected chi connectivity index (χ2v) is 6.63. The van der Waals surface area contributed by atoms with Crippen LogP contribution in [0.1, 0.15) is 43.4 Å². The van der Waals surface area contributed by atoms with E-state index in [1.807, 2.05) is 18.9 Å². The summed E-state index contributed by atoms with van der Waals surface area (Å²) in [4.78, 5) is 14.3. The molecule has 2 aliphatic rings. The zero-order valence-corrected chi connectivity index (χ0v) is 14.5. The monoisotopic (exact) mass is 347 g/mol. The predicted octanol–water partition coefficient (Wildman–Crippen LogP) is 2.73. The van der Waals surface area contributed by atoms with Crippen molar-refractivity contribution in [1.29, 1.82) is 0 Å². The average Bonchev–Trinajstić information content (AvgIpc) is 2.98. The number of halogens is 2. The number of fused-ring (bicyclic) bond motifs is 2. The van der Waals surface area contributed by atoms with Crippen LogP contribution in [0.5, 0.6) is 0 Å². The maximum Gasteiger partial charge on any atom is 0.229 e. The van der Waals surface area contributed by atoms with E-state index in [1.165, 1.54) is 12.8 Å². The number of aromatic nitrogens is 1. The molecule has 2 fully saturated rings. The van der Waals surface area contributed by atoms with Crippen LogP contribution in [0.4, 0.5) is 0 Å². The van der Waals surface area contributed by atoms with Crippen molar-refractivity contribution in [2.24, 2.45) is 0 Å². The van der Waals surface area contributed by atoms with Gasteiger partial charge in [0.05, 0.1) is 5.69 Å². The number of nitrogens with zero attached hydrogens (tertiary/aromatic N) is 2. The van der Waals surface area contributed by atoms with Gasteiger partial charge < -0.3 is 14.7 Å². The lowest BCUT2D eigenvalue weighted by Crippen LogP contribution is -2.48. The van der Waals surface area contributed by atoms with E-state index in [-0.39, 0.29) is 18.3 Å². The van der Waals surface area contributed by atoms with Gasteiger partial charge in [-0.2, -0.15) is 0 Å². The van der Waals surface area contributed by atoms with E-state index in [0.29, 0.717) is 36.2 Å². The van der Waals surface area contributed by atoms with E-state index >= 15 is 0 Å². The molecule has 5 nitrogen and oxygen atoms in total. The molecule has 2 aliphatic heterocycles. The molecule has 2 bridgehead atoms. The van der Waals surface area contributed by atoms with E-state index in [0.717, 1.165) is 24.1 Å². The average molecular weight is 348 g/mol. The third-order valence-electron chi connectivity index (χ3n) is 4.91. The van der Waals surface area contributed by atoms with E-state index in [4.69, 9.17) is 16.1 Å². The molecule has 3 rings (SSSR count). The van der Waals surface area contributed by atoms with Crippen molar-refractivity contribution in [3.8, 4) is 0 Å². The Morgan fingerprint density at radius 3 is 2.59 bits per heavy atom. The molecule has 22 heavy (non-hydrogen) atoms. The van der Waals surface area contributed by atoms with Crippen LogP contribution >= 0.6 is 24.0 Å². The Bertz CT molecular complexity index is 503. The summed E-state index contributed by atoms with van der Waals surface area (Å²) >= 11 is 5.94. The molecule has 1 amide bonds. The molecule has 7 heteroatoms. The summed E-state index contributed by atoms with van der Waals surface area (Å²) in [5.74, 6) is 0.179. The normalized spacial score (nSPS) is 26.6. The molecule has 0 saturated carbocycles. The lowest BCUT2D eigenvalue weighted by molar-refractivity contribution is -0.132. The quantitative estimate of drug-likeness (QED) is 0.909. The summed E-state index contributed by atoms with van der Waals surface area (Å²) in [6.45, 7) is 1.85. The second kappa shape index (κ2) is 7.20. The molecule has 0 radical (unpaired) electrons. The Morgan fingerprint density at radius 1 is 1.41 bits per heavy atom. The third-order valence-corrected chi connectivity index (χ3v) is 5.21. The number of carbonyl (C=O) groups excluding carboxylic acids is 1. The number of rotatable bonds is 4. The zero-order valence-electron chi connectivity index (χ0n) is 13.0. The fourth-order valence-electron chi connectivity index (χ4n) is 3.60. The number of nitrogens with one attached hydrogen (secondary N) is 1. The van der Waals surface area contributed by atoms with Gasteiger partial charge in [0.15, 0.2) is 0 Å². The van der Waals surface area contributed by atoms with Crippen LogP contribution in [0.3, 0.4) is 0 Å². The lowest BCUT2D eigenvalue weighted by atomic mass is 9.98. The van der Waals surface area contributed by atoms with Crippen molar-refractivity contribution in [3.05, 3.63) is 16.5 Å². The molecule has 3 heterocycles. The highest BCUT2D eigenvalue weighted by atomic mass is 35.5. The molecular weight excluding hydrogens is 325 g/mol. The van der Waals surface area contributed by atoms with Crippen LogP contribution in [-0.4, -0.2) is 41.1 Å². The Kier molecular flexibility index (Phi) is 5.75. The van der Waals surface area contributed by atoms with Gasteiger partial charge in [0.25, 0.3) is 0 Å². The maximum absolute atomic E-state index is 12.4. The summed E-state index contributed by atoms with van der Waals surface area (Å²) in [6, 6.07) is 1.56. The molecule has 1 aromatic rings. The molecular formula is C15H23Cl2N3O2. The number of hydrogen-bond donors (Lipinski definition) is 1. The van der Waals surface area contributed by atoms with Crippen molar-refractivity contribution in [1.82, 2.24) is 15.4 Å². The van der Waals surface area contributed by atoms with E-state index in [2.05, 4.69) is 10.5 Å². The van der Waals surface area contributed by atoms with Crippen molar-refractivity contribution in [2.45, 2.75) is 63.6 Å². The largest absolute Gasteiger partial charge is 0.344 e. The molecule has 0 aromatic carbocycles. The molecule has 124 valence electrons. The number of carbonyl (C=O) groups is 1. The fraction of sp³-hybridized carbons (Fsp3) is 0.733. The van der Waals surface area contributed by atoms with Gasteiger partial charge in [0.1, 0.15) is 0 Å². The van der Waals surface area contributed by atoms with Crippen LogP contribution < -0.4 is 5.32 Å². The first-order valence-corrected chi connectivity index (χ1v) is 8.04. The first-order chi connectivity index (χ1) is 10.0. The predicted molar refractivity (Wildman–Crippen MR) is 87.6 cm³/mol. The number of amides is 1. The van der Waals surface area contributed by atoms with Gasteiger partial charge >= 0.3 is 0 Å². The van der Waals surface area contributed by atoms with Crippen molar-refractivity contribution >= 4 is 29.9 Å². The minimum atomic E-state index is 0. The Hall–Kier alpha value is -0.780. The topological polar surface area (TPSA) is 58.4 Å². The minimum absolute atomic E-state index is 0. The fourth-order valence-corrected chi connectivity index (χ4v) is 3.86. The van der Waals surface area contributed by atoms with Crippen LogP contribution in [0, 0.1) is 6.92 Å². The van der Waals surface area contributed by atoms with Gasteiger partial charge in [-0.05, 0) is 50.6 Å². The highest BCUT2D eigenvalue weighted by Gasteiger charge is 2.36. The van der Waals surface area contributed by atoms with Gasteiger partial charge in [0.2, 0.25) is 11.1 Å². The summed E-state index contributed by atoms with van der Waals surface area (Å²) < 4.78 is 4.92. The van der Waals surface area contributed by atoms with Crippen LogP contribution in [0.15, 0.2) is 4.52 Å². The third kappa shape index (κ3) is 3.58. The summed E-state index contributed by atoms with van der Waals surface area (Å²) in [5, 5.41) is 7.73. The number of aryl methyl sites for hydroxylation is 1. The first kappa shape index (κ1) is 17.6. The summed E-state index contributed by atoms with van der Waals surface area (Å²) in [7, 11) is 1.93. The Balaban J connectivity index is 0.00000176. The van der Waals surface area contributed by atoms with E-state index in [9.17, 15) is 4.79 Å². The summed E-state index contributed by atoms with van der Waals surface area (Å²) in [5.41, 5.74) is 1.62. The van der Waals surface area contributed by atoms with Crippen LogP contribution in [0.25, 0.3) is 0 Å². The van der Waals surface area contributed by atoms with Gasteiger partial charge in [-0.25, -0.2) is 0 Å². The molecule has 2 atom stereocenters. The SMILES string of the molecule is Cc1noc(Cl)c1CCC(=O)N(C)C1CC2CCC(C1)N2.Cl. The molecule has 0 aliphatic carbocycles. The van der Waals surface area contributed by atoms with Gasteiger partial charge in [0, 0.05) is 37.2 Å². The highest BCUT2D eigenvalue weighted by Crippen LogP contribution is 2.29. The van der Waals surface area contributed by atoms with Crippen molar-refractivity contribution in [3.63, 3.8) is 0 Å². The maximum atomic E-state index is 12.4. The minimum Gasteiger partial charge on any atom is -0.344 e. The Morgan fingerprint density at radius 2 is 2.05 bits per heavy atom. The standard InChI is InChI=1S/C15H22ClN3O2.ClH/c1-9-13(15(16)21-18-9)5-6-14(20)19(2)12-7-10-3-4-11(8-12)17-10;/h10-12,17H,3-8H2,1-2H3;1H. The van der Waals surface area contributed by atoms with Crippen molar-refractivity contribution < 1.29 is 9.32 Å². The first-order valence-electron chi connectivity index (χ1n) is 7.67. The summed E-state index contributed by atoms with van der Waals surface area (Å²) in [6.07, 6.45) is 5.70. The van der Waals surface area contributed by atoms with Gasteiger partial charge in [-0.3, -0.25) is 4.79 Å². The second-order valence-electron chi connectivity index (χ2n) is 6.29. The Labute approximate surface area is 142 Å².